The average Bonchev–Trinajstić information content (AvgIpc) is 3.15. The monoisotopic (exact) mass is 369 g/mol. The van der Waals surface area contributed by atoms with Gasteiger partial charge in [0.05, 0.1) is 22.1 Å². The van der Waals surface area contributed by atoms with Crippen LogP contribution in [0, 0.1) is 11.8 Å². The predicted octanol–water partition coefficient (Wildman–Crippen LogP) is 2.97. The van der Waals surface area contributed by atoms with Gasteiger partial charge in [-0.15, -0.1) is 0 Å². The molecule has 0 saturated carbocycles. The molecule has 26 heavy (non-hydrogen) atoms. The maximum Gasteiger partial charge on any atom is 0.233 e. The summed E-state index contributed by atoms with van der Waals surface area (Å²) in [5.74, 6) is -0.734. The van der Waals surface area contributed by atoms with Crippen molar-refractivity contribution in [3.8, 4) is 0 Å². The van der Waals surface area contributed by atoms with Crippen molar-refractivity contribution in [2.75, 3.05) is 11.9 Å². The Kier molecular flexibility index (Phi) is 4.55. The number of nitrogens with one attached hydrogen (secondary N) is 1. The molecule has 3 amide bonds. The van der Waals surface area contributed by atoms with Crippen molar-refractivity contribution in [3.63, 3.8) is 0 Å². The highest BCUT2D eigenvalue weighted by molar-refractivity contribution is 7.22. The standard InChI is InChI=1S/C19H19N3O3S/c23-16(21-19-20-14-8-3-4-9-15(14)26-19)10-5-11-22-17(24)12-6-1-2-7-13(12)18(22)25/h1-4,8-9,12-13H,5-7,10-11H2,(H,20,21,23)/t12-,13-/m1/s1. The second-order valence-electron chi connectivity index (χ2n) is 6.62. The maximum absolute atomic E-state index is 12.4. The van der Waals surface area contributed by atoms with Gasteiger partial charge in [0.1, 0.15) is 0 Å². The van der Waals surface area contributed by atoms with Gasteiger partial charge in [-0.05, 0) is 31.4 Å². The Morgan fingerprint density at radius 2 is 1.85 bits per heavy atom. The van der Waals surface area contributed by atoms with E-state index in [1.165, 1.54) is 16.2 Å². The molecule has 4 rings (SSSR count). The molecule has 7 heteroatoms. The van der Waals surface area contributed by atoms with E-state index in [1.807, 2.05) is 36.4 Å². The summed E-state index contributed by atoms with van der Waals surface area (Å²) in [5.41, 5.74) is 0.859. The zero-order valence-corrected chi connectivity index (χ0v) is 15.0. The molecule has 0 unspecified atom stereocenters. The SMILES string of the molecule is O=C(CCCN1C(=O)[C@@H]2CC=CC[C@H]2C1=O)Nc1nc2ccccc2s1. The van der Waals surface area contributed by atoms with Crippen LogP contribution in [-0.2, 0) is 14.4 Å². The van der Waals surface area contributed by atoms with Crippen molar-refractivity contribution in [3.05, 3.63) is 36.4 Å². The summed E-state index contributed by atoms with van der Waals surface area (Å²) in [6.45, 7) is 0.304. The van der Waals surface area contributed by atoms with E-state index in [4.69, 9.17) is 0 Å². The van der Waals surface area contributed by atoms with Crippen molar-refractivity contribution < 1.29 is 14.4 Å². The lowest BCUT2D eigenvalue weighted by Crippen LogP contribution is -2.32. The van der Waals surface area contributed by atoms with Crippen LogP contribution in [0.2, 0.25) is 0 Å². The summed E-state index contributed by atoms with van der Waals surface area (Å²) >= 11 is 1.43. The Morgan fingerprint density at radius 3 is 2.54 bits per heavy atom. The maximum atomic E-state index is 12.4. The molecular weight excluding hydrogens is 350 g/mol. The molecule has 1 aliphatic heterocycles. The summed E-state index contributed by atoms with van der Waals surface area (Å²) in [7, 11) is 0. The van der Waals surface area contributed by atoms with Crippen LogP contribution in [0.15, 0.2) is 36.4 Å². The molecule has 0 radical (unpaired) electrons. The molecule has 2 atom stereocenters. The van der Waals surface area contributed by atoms with E-state index in [2.05, 4.69) is 10.3 Å². The van der Waals surface area contributed by atoms with E-state index in [0.29, 0.717) is 30.9 Å². The molecule has 0 spiro atoms. The Hall–Kier alpha value is -2.54. The molecule has 2 aromatic rings. The summed E-state index contributed by atoms with van der Waals surface area (Å²) in [4.78, 5) is 42.6. The van der Waals surface area contributed by atoms with Gasteiger partial charge < -0.3 is 5.32 Å². The number of imide groups is 1. The van der Waals surface area contributed by atoms with Crippen molar-refractivity contribution in [1.29, 1.82) is 0 Å². The van der Waals surface area contributed by atoms with Crippen molar-refractivity contribution >= 4 is 44.4 Å². The largest absolute Gasteiger partial charge is 0.302 e. The minimum absolute atomic E-state index is 0.0871. The second kappa shape index (κ2) is 6.99. The fourth-order valence-electron chi connectivity index (χ4n) is 3.59. The zero-order chi connectivity index (χ0) is 18.1. The second-order valence-corrected chi connectivity index (χ2v) is 7.65. The smallest absolute Gasteiger partial charge is 0.233 e. The quantitative estimate of drug-likeness (QED) is 0.649. The topological polar surface area (TPSA) is 79.4 Å². The van der Waals surface area contributed by atoms with Gasteiger partial charge in [-0.3, -0.25) is 19.3 Å². The molecule has 2 aliphatic rings. The highest BCUT2D eigenvalue weighted by atomic mass is 32.1. The number of amides is 3. The van der Waals surface area contributed by atoms with E-state index in [-0.39, 0.29) is 36.0 Å². The summed E-state index contributed by atoms with van der Waals surface area (Å²) in [6.07, 6.45) is 5.94. The first-order valence-electron chi connectivity index (χ1n) is 8.79. The molecule has 1 N–H and O–H groups in total. The first-order valence-corrected chi connectivity index (χ1v) is 9.61. The molecule has 0 bridgehead atoms. The number of hydrogen-bond acceptors (Lipinski definition) is 5. The minimum atomic E-state index is -0.205. The van der Waals surface area contributed by atoms with Gasteiger partial charge in [0, 0.05) is 13.0 Å². The van der Waals surface area contributed by atoms with Gasteiger partial charge in [0.15, 0.2) is 5.13 Å². The lowest BCUT2D eigenvalue weighted by molar-refractivity contribution is -0.140. The third-order valence-corrected chi connectivity index (χ3v) is 5.88. The van der Waals surface area contributed by atoms with E-state index in [0.717, 1.165) is 10.2 Å². The van der Waals surface area contributed by atoms with E-state index in [1.54, 1.807) is 0 Å². The van der Waals surface area contributed by atoms with Gasteiger partial charge in [0.2, 0.25) is 17.7 Å². The van der Waals surface area contributed by atoms with Crippen LogP contribution in [0.5, 0.6) is 0 Å². The van der Waals surface area contributed by atoms with Crippen molar-refractivity contribution in [2.24, 2.45) is 11.8 Å². The minimum Gasteiger partial charge on any atom is -0.302 e. The van der Waals surface area contributed by atoms with E-state index >= 15 is 0 Å². The van der Waals surface area contributed by atoms with Gasteiger partial charge in [-0.2, -0.15) is 0 Å². The van der Waals surface area contributed by atoms with Crippen LogP contribution < -0.4 is 5.32 Å². The molecule has 1 fully saturated rings. The molecule has 1 saturated heterocycles. The normalized spacial score (nSPS) is 22.1. The van der Waals surface area contributed by atoms with Crippen LogP contribution >= 0.6 is 11.3 Å². The highest BCUT2D eigenvalue weighted by Gasteiger charge is 2.46. The van der Waals surface area contributed by atoms with Crippen molar-refractivity contribution in [1.82, 2.24) is 9.88 Å². The summed E-state index contributed by atoms with van der Waals surface area (Å²) < 4.78 is 1.02. The van der Waals surface area contributed by atoms with Crippen molar-refractivity contribution in [2.45, 2.75) is 25.7 Å². The Labute approximate surface area is 154 Å². The molecule has 1 aromatic carbocycles. The summed E-state index contributed by atoms with van der Waals surface area (Å²) in [5, 5.41) is 3.37. The molecule has 134 valence electrons. The first-order chi connectivity index (χ1) is 12.6. The van der Waals surface area contributed by atoms with Crippen LogP contribution in [0.4, 0.5) is 5.13 Å². The fourth-order valence-corrected chi connectivity index (χ4v) is 4.48. The number of hydrogen-bond donors (Lipinski definition) is 1. The number of carbonyl (C=O) groups is 3. The predicted molar refractivity (Wildman–Crippen MR) is 99.6 cm³/mol. The average molecular weight is 369 g/mol. The number of likely N-dealkylation sites (tertiary alicyclic amines) is 1. The Balaban J connectivity index is 1.30. The van der Waals surface area contributed by atoms with Gasteiger partial charge in [0.25, 0.3) is 0 Å². The zero-order valence-electron chi connectivity index (χ0n) is 14.2. The molecule has 1 aromatic heterocycles. The number of carbonyl (C=O) groups excluding carboxylic acids is 3. The Morgan fingerprint density at radius 1 is 1.15 bits per heavy atom. The number of fused-ring (bicyclic) bond motifs is 2. The lowest BCUT2D eigenvalue weighted by atomic mass is 9.85. The van der Waals surface area contributed by atoms with E-state index in [9.17, 15) is 14.4 Å². The first kappa shape index (κ1) is 16.9. The third kappa shape index (κ3) is 3.14. The fraction of sp³-hybridized carbons (Fsp3) is 0.368. The van der Waals surface area contributed by atoms with Gasteiger partial charge >= 0.3 is 0 Å². The van der Waals surface area contributed by atoms with E-state index < -0.39 is 0 Å². The van der Waals surface area contributed by atoms with Gasteiger partial charge in [-0.1, -0.05) is 35.6 Å². The number of rotatable bonds is 5. The van der Waals surface area contributed by atoms with Crippen LogP contribution in [0.3, 0.4) is 0 Å². The number of aromatic nitrogens is 1. The summed E-state index contributed by atoms with van der Waals surface area (Å²) in [6, 6.07) is 7.70. The van der Waals surface area contributed by atoms with Gasteiger partial charge in [-0.25, -0.2) is 4.98 Å². The molecule has 2 heterocycles. The van der Waals surface area contributed by atoms with Crippen LogP contribution in [-0.4, -0.2) is 34.2 Å². The Bertz CT molecular complexity index is 845. The molecule has 6 nitrogen and oxygen atoms in total. The highest BCUT2D eigenvalue weighted by Crippen LogP contribution is 2.35. The third-order valence-electron chi connectivity index (χ3n) is 4.92. The van der Waals surface area contributed by atoms with Crippen LogP contribution in [0.25, 0.3) is 10.2 Å². The van der Waals surface area contributed by atoms with Crippen LogP contribution in [0.1, 0.15) is 25.7 Å². The number of para-hydroxylation sites is 1. The number of benzene rings is 1. The number of nitrogens with zero attached hydrogens (tertiary/aromatic N) is 2. The lowest BCUT2D eigenvalue weighted by Gasteiger charge is -2.14. The number of thiazole rings is 1. The molecular formula is C19H19N3O3S. The molecule has 1 aliphatic carbocycles. The number of anilines is 1. The number of allylic oxidation sites excluding steroid dienone is 2.